The van der Waals surface area contributed by atoms with Crippen molar-refractivity contribution in [1.29, 1.82) is 0 Å². The lowest BCUT2D eigenvalue weighted by molar-refractivity contribution is -0.138. The average molecular weight is 390 g/mol. The van der Waals surface area contributed by atoms with Crippen molar-refractivity contribution in [3.63, 3.8) is 0 Å². The molecule has 2 amide bonds. The summed E-state index contributed by atoms with van der Waals surface area (Å²) in [4.78, 5) is 39.6. The van der Waals surface area contributed by atoms with Crippen LogP contribution in [0, 0.1) is 0 Å². The van der Waals surface area contributed by atoms with Gasteiger partial charge in [0.05, 0.1) is 25.6 Å². The third-order valence-electron chi connectivity index (χ3n) is 5.09. The van der Waals surface area contributed by atoms with E-state index >= 15 is 0 Å². The zero-order valence-electron chi connectivity index (χ0n) is 15.7. The summed E-state index contributed by atoms with van der Waals surface area (Å²) >= 11 is 0. The molecule has 0 spiro atoms. The first-order valence-corrected chi connectivity index (χ1v) is 9.48. The van der Waals surface area contributed by atoms with Crippen LogP contribution < -0.4 is 15.5 Å². The molecule has 1 aromatic carbocycles. The van der Waals surface area contributed by atoms with Crippen LogP contribution in [0.1, 0.15) is 22.3 Å². The molecule has 2 aliphatic heterocycles. The van der Waals surface area contributed by atoms with E-state index in [9.17, 15) is 19.5 Å². The van der Waals surface area contributed by atoms with Crippen molar-refractivity contribution in [1.82, 2.24) is 15.5 Å². The number of hydrogen-bond acceptors (Lipinski definition) is 6. The van der Waals surface area contributed by atoms with Crippen LogP contribution in [0.5, 0.6) is 0 Å². The number of carboxylic acids is 1. The molecule has 0 aliphatic carbocycles. The number of nitrogens with zero attached hydrogens (tertiary/aromatic N) is 2. The molecular formula is C19H26N4O5. The van der Waals surface area contributed by atoms with Crippen LogP contribution >= 0.6 is 0 Å². The molecule has 3 rings (SSSR count). The second kappa shape index (κ2) is 9.03. The van der Waals surface area contributed by atoms with Crippen molar-refractivity contribution < 1.29 is 24.6 Å². The van der Waals surface area contributed by atoms with Crippen molar-refractivity contribution in [2.45, 2.75) is 18.9 Å². The van der Waals surface area contributed by atoms with Crippen LogP contribution in [0.2, 0.25) is 0 Å². The highest BCUT2D eigenvalue weighted by atomic mass is 16.4. The number of carbonyl (C=O) groups is 3. The number of carbonyl (C=O) groups excluding carboxylic acids is 2. The Morgan fingerprint density at radius 2 is 1.96 bits per heavy atom. The predicted molar refractivity (Wildman–Crippen MR) is 102 cm³/mol. The van der Waals surface area contributed by atoms with Crippen LogP contribution in [0.15, 0.2) is 18.2 Å². The Bertz CT molecular complexity index is 748. The molecule has 1 saturated heterocycles. The number of aliphatic hydroxyl groups excluding tert-OH is 1. The van der Waals surface area contributed by atoms with Gasteiger partial charge in [-0.2, -0.15) is 0 Å². The van der Waals surface area contributed by atoms with E-state index in [1.54, 1.807) is 0 Å². The SMILES string of the molecule is O=C(O)C[C@@H](CO)NC(=O)CN1CCc2ccc(N3CCNCC3)cc2C1=O. The Labute approximate surface area is 163 Å². The van der Waals surface area contributed by atoms with Crippen molar-refractivity contribution in [3.8, 4) is 0 Å². The number of carboxylic acid groups (broad SMARTS) is 1. The molecule has 0 saturated carbocycles. The number of benzene rings is 1. The van der Waals surface area contributed by atoms with Crippen LogP contribution in [-0.4, -0.2) is 84.8 Å². The highest BCUT2D eigenvalue weighted by Gasteiger charge is 2.27. The van der Waals surface area contributed by atoms with Gasteiger partial charge in [0, 0.05) is 44.0 Å². The minimum Gasteiger partial charge on any atom is -0.481 e. The van der Waals surface area contributed by atoms with Gasteiger partial charge in [-0.25, -0.2) is 0 Å². The maximum atomic E-state index is 12.9. The highest BCUT2D eigenvalue weighted by molar-refractivity contribution is 5.99. The summed E-state index contributed by atoms with van der Waals surface area (Å²) in [7, 11) is 0. The number of nitrogens with one attached hydrogen (secondary N) is 2. The maximum Gasteiger partial charge on any atom is 0.305 e. The van der Waals surface area contributed by atoms with Gasteiger partial charge in [-0.3, -0.25) is 14.4 Å². The molecule has 0 unspecified atom stereocenters. The number of hydrogen-bond donors (Lipinski definition) is 4. The van der Waals surface area contributed by atoms with Crippen molar-refractivity contribution in [2.75, 3.05) is 50.8 Å². The molecule has 9 heteroatoms. The minimum absolute atomic E-state index is 0.160. The highest BCUT2D eigenvalue weighted by Crippen LogP contribution is 2.25. The fraction of sp³-hybridized carbons (Fsp3) is 0.526. The average Bonchev–Trinajstić information content (AvgIpc) is 2.69. The zero-order valence-corrected chi connectivity index (χ0v) is 15.7. The number of piperazine rings is 1. The normalized spacial score (nSPS) is 17.8. The number of fused-ring (bicyclic) bond motifs is 1. The van der Waals surface area contributed by atoms with E-state index in [1.165, 1.54) is 4.90 Å². The lowest BCUT2D eigenvalue weighted by Crippen LogP contribution is -2.48. The second-order valence-electron chi connectivity index (χ2n) is 7.10. The van der Waals surface area contributed by atoms with Gasteiger partial charge in [-0.1, -0.05) is 6.07 Å². The summed E-state index contributed by atoms with van der Waals surface area (Å²) in [5, 5.41) is 23.8. The molecular weight excluding hydrogens is 364 g/mol. The largest absolute Gasteiger partial charge is 0.481 e. The first kappa shape index (κ1) is 20.1. The van der Waals surface area contributed by atoms with Gasteiger partial charge < -0.3 is 30.6 Å². The number of aliphatic hydroxyl groups is 1. The molecule has 28 heavy (non-hydrogen) atoms. The lowest BCUT2D eigenvalue weighted by Gasteiger charge is -2.32. The summed E-state index contributed by atoms with van der Waals surface area (Å²) in [6.45, 7) is 3.36. The molecule has 0 aromatic heterocycles. The second-order valence-corrected chi connectivity index (χ2v) is 7.10. The molecule has 4 N–H and O–H groups in total. The summed E-state index contributed by atoms with van der Waals surface area (Å²) in [6, 6.07) is 5.05. The van der Waals surface area contributed by atoms with Gasteiger partial charge in [-0.15, -0.1) is 0 Å². The Balaban J connectivity index is 1.66. The standard InChI is InChI=1S/C19H26N4O5/c24-12-14(9-18(26)27)21-17(25)11-23-6-3-13-1-2-15(10-16(13)19(23)28)22-7-4-20-5-8-22/h1-2,10,14,20,24H,3-9,11-12H2,(H,21,25)(H,26,27)/t14-/m0/s1. The Kier molecular flexibility index (Phi) is 6.48. The first-order chi connectivity index (χ1) is 13.5. The fourth-order valence-electron chi connectivity index (χ4n) is 3.60. The zero-order chi connectivity index (χ0) is 20.1. The Hall–Kier alpha value is -2.65. The van der Waals surface area contributed by atoms with Gasteiger partial charge >= 0.3 is 5.97 Å². The summed E-state index contributed by atoms with van der Waals surface area (Å²) in [5.41, 5.74) is 2.58. The first-order valence-electron chi connectivity index (χ1n) is 9.48. The van der Waals surface area contributed by atoms with Crippen LogP contribution in [0.4, 0.5) is 5.69 Å². The molecule has 1 aromatic rings. The summed E-state index contributed by atoms with van der Waals surface area (Å²) in [5.74, 6) is -1.79. The Morgan fingerprint density at radius 3 is 2.64 bits per heavy atom. The smallest absolute Gasteiger partial charge is 0.305 e. The van der Waals surface area contributed by atoms with E-state index in [0.29, 0.717) is 18.5 Å². The third-order valence-corrected chi connectivity index (χ3v) is 5.09. The monoisotopic (exact) mass is 390 g/mol. The molecule has 1 fully saturated rings. The fourth-order valence-corrected chi connectivity index (χ4v) is 3.60. The van der Waals surface area contributed by atoms with Crippen molar-refractivity contribution >= 4 is 23.5 Å². The topological polar surface area (TPSA) is 122 Å². The van der Waals surface area contributed by atoms with Crippen molar-refractivity contribution in [2.24, 2.45) is 0 Å². The van der Waals surface area contributed by atoms with Crippen LogP contribution in [0.3, 0.4) is 0 Å². The number of rotatable bonds is 7. The quantitative estimate of drug-likeness (QED) is 0.473. The number of amides is 2. The molecule has 0 bridgehead atoms. The van der Waals surface area contributed by atoms with Gasteiger partial charge in [-0.05, 0) is 24.1 Å². The lowest BCUT2D eigenvalue weighted by atomic mass is 9.97. The van der Waals surface area contributed by atoms with E-state index in [2.05, 4.69) is 15.5 Å². The molecule has 152 valence electrons. The molecule has 0 radical (unpaired) electrons. The molecule has 1 atom stereocenters. The third kappa shape index (κ3) is 4.79. The summed E-state index contributed by atoms with van der Waals surface area (Å²) < 4.78 is 0. The maximum absolute atomic E-state index is 12.9. The van der Waals surface area contributed by atoms with E-state index in [1.807, 2.05) is 18.2 Å². The Morgan fingerprint density at radius 1 is 1.21 bits per heavy atom. The van der Waals surface area contributed by atoms with Gasteiger partial charge in [0.2, 0.25) is 5.91 Å². The molecule has 2 heterocycles. The minimum atomic E-state index is -1.11. The number of anilines is 1. The van der Waals surface area contributed by atoms with E-state index in [4.69, 9.17) is 5.11 Å². The van der Waals surface area contributed by atoms with Crippen LogP contribution in [0.25, 0.3) is 0 Å². The van der Waals surface area contributed by atoms with E-state index in [0.717, 1.165) is 37.4 Å². The van der Waals surface area contributed by atoms with E-state index in [-0.39, 0.29) is 18.9 Å². The molecule has 9 nitrogen and oxygen atoms in total. The van der Waals surface area contributed by atoms with Crippen molar-refractivity contribution in [3.05, 3.63) is 29.3 Å². The van der Waals surface area contributed by atoms with Gasteiger partial charge in [0.15, 0.2) is 0 Å². The van der Waals surface area contributed by atoms with Gasteiger partial charge in [0.1, 0.15) is 0 Å². The van der Waals surface area contributed by atoms with Gasteiger partial charge in [0.25, 0.3) is 5.91 Å². The van der Waals surface area contributed by atoms with E-state index < -0.39 is 24.5 Å². The number of aliphatic carboxylic acids is 1. The molecule has 2 aliphatic rings. The summed E-state index contributed by atoms with van der Waals surface area (Å²) in [6.07, 6.45) is 0.293. The van der Waals surface area contributed by atoms with Crippen LogP contribution in [-0.2, 0) is 16.0 Å². The predicted octanol–water partition coefficient (Wildman–Crippen LogP) is -0.954.